The average molecular weight is 355 g/mol. The summed E-state index contributed by atoms with van der Waals surface area (Å²) >= 11 is 0. The molecule has 134 valence electrons. The molecule has 8 heteroatoms. The maximum Gasteiger partial charge on any atom is 0.293 e. The number of methoxy groups -OCH3 is 2. The van der Waals surface area contributed by atoms with E-state index in [4.69, 9.17) is 9.47 Å². The quantitative estimate of drug-likeness (QED) is 0.522. The van der Waals surface area contributed by atoms with E-state index in [9.17, 15) is 14.9 Å². The molecule has 0 fully saturated rings. The highest BCUT2D eigenvalue weighted by molar-refractivity contribution is 6.00. The van der Waals surface area contributed by atoms with Gasteiger partial charge in [-0.15, -0.1) is 0 Å². The molecule has 0 radical (unpaired) electrons. The van der Waals surface area contributed by atoms with Crippen molar-refractivity contribution in [1.82, 2.24) is 10.3 Å². The number of rotatable bonds is 6. The summed E-state index contributed by atoms with van der Waals surface area (Å²) in [5.41, 5.74) is 1.31. The number of carbonyl (C=O) groups excluding carboxylic acids is 1. The van der Waals surface area contributed by atoms with Crippen LogP contribution in [-0.2, 0) is 6.54 Å². The number of carbonyl (C=O) groups is 1. The highest BCUT2D eigenvalue weighted by Crippen LogP contribution is 2.26. The predicted octanol–water partition coefficient (Wildman–Crippen LogP) is 3.02. The number of H-pyrrole nitrogens is 1. The summed E-state index contributed by atoms with van der Waals surface area (Å²) in [7, 11) is 3.10. The van der Waals surface area contributed by atoms with Crippen LogP contribution < -0.4 is 14.8 Å². The van der Waals surface area contributed by atoms with E-state index in [-0.39, 0.29) is 23.8 Å². The van der Waals surface area contributed by atoms with Crippen LogP contribution in [0.15, 0.2) is 42.5 Å². The van der Waals surface area contributed by atoms with E-state index in [1.165, 1.54) is 6.07 Å². The van der Waals surface area contributed by atoms with Crippen LogP contribution in [-0.4, -0.2) is 30.0 Å². The Morgan fingerprint density at radius 1 is 1.15 bits per heavy atom. The van der Waals surface area contributed by atoms with Crippen LogP contribution in [0, 0.1) is 10.1 Å². The summed E-state index contributed by atoms with van der Waals surface area (Å²) < 4.78 is 10.4. The number of para-hydroxylation sites is 1. The average Bonchev–Trinajstić information content (AvgIpc) is 3.09. The summed E-state index contributed by atoms with van der Waals surface area (Å²) in [5.74, 6) is 0.877. The van der Waals surface area contributed by atoms with Gasteiger partial charge in [-0.2, -0.15) is 0 Å². The Labute approximate surface area is 148 Å². The molecule has 0 atom stereocenters. The minimum absolute atomic E-state index is 0.0703. The number of fused-ring (bicyclic) bond motifs is 1. The number of non-ortho nitro benzene ring substituents is 1. The fourth-order valence-electron chi connectivity index (χ4n) is 2.66. The SMILES string of the molecule is COc1cc(CNC(=O)c2cc3cccc([N+](=O)[O-])c3[nH]2)cc(OC)c1. The van der Waals surface area contributed by atoms with Crippen LogP contribution in [0.25, 0.3) is 10.9 Å². The Balaban J connectivity index is 1.80. The van der Waals surface area contributed by atoms with E-state index < -0.39 is 4.92 Å². The molecule has 3 aromatic rings. The standard InChI is InChI=1S/C18H17N3O5/c1-25-13-6-11(7-14(9-13)26-2)10-19-18(22)15-8-12-4-3-5-16(21(23)24)17(12)20-15/h3-9,20H,10H2,1-2H3,(H,19,22). The summed E-state index contributed by atoms with van der Waals surface area (Å²) in [6, 6.07) is 11.6. The molecule has 2 aromatic carbocycles. The lowest BCUT2D eigenvalue weighted by Gasteiger charge is -2.09. The molecular weight excluding hydrogens is 338 g/mol. The molecule has 2 N–H and O–H groups in total. The molecule has 0 aliphatic rings. The van der Waals surface area contributed by atoms with Crippen molar-refractivity contribution in [3.8, 4) is 11.5 Å². The van der Waals surface area contributed by atoms with Gasteiger partial charge in [-0.3, -0.25) is 14.9 Å². The van der Waals surface area contributed by atoms with Crippen molar-refractivity contribution in [1.29, 1.82) is 0 Å². The van der Waals surface area contributed by atoms with E-state index in [1.807, 2.05) is 0 Å². The number of hydrogen-bond donors (Lipinski definition) is 2. The molecule has 3 rings (SSSR count). The number of nitrogens with one attached hydrogen (secondary N) is 2. The summed E-state index contributed by atoms with van der Waals surface area (Å²) in [5, 5.41) is 14.5. The second-order valence-electron chi connectivity index (χ2n) is 5.59. The molecule has 8 nitrogen and oxygen atoms in total. The van der Waals surface area contributed by atoms with E-state index >= 15 is 0 Å². The zero-order valence-corrected chi connectivity index (χ0v) is 14.2. The first-order valence-electron chi connectivity index (χ1n) is 7.78. The molecule has 0 saturated heterocycles. The topological polar surface area (TPSA) is 106 Å². The Morgan fingerprint density at radius 2 is 1.85 bits per heavy atom. The molecule has 0 aliphatic heterocycles. The van der Waals surface area contributed by atoms with E-state index in [1.54, 1.807) is 50.6 Å². The van der Waals surface area contributed by atoms with Gasteiger partial charge in [0.1, 0.15) is 22.7 Å². The molecule has 0 aliphatic carbocycles. The predicted molar refractivity (Wildman–Crippen MR) is 95.7 cm³/mol. The van der Waals surface area contributed by atoms with E-state index in [2.05, 4.69) is 10.3 Å². The van der Waals surface area contributed by atoms with Gasteiger partial charge in [0.25, 0.3) is 11.6 Å². The number of nitrogens with zero attached hydrogens (tertiary/aromatic N) is 1. The largest absolute Gasteiger partial charge is 0.497 e. The van der Waals surface area contributed by atoms with Crippen LogP contribution >= 0.6 is 0 Å². The van der Waals surface area contributed by atoms with Crippen molar-refractivity contribution in [3.05, 3.63) is 63.8 Å². The van der Waals surface area contributed by atoms with Crippen LogP contribution in [0.4, 0.5) is 5.69 Å². The molecule has 0 saturated carbocycles. The van der Waals surface area contributed by atoms with Crippen LogP contribution in [0.2, 0.25) is 0 Å². The second-order valence-corrected chi connectivity index (χ2v) is 5.59. The van der Waals surface area contributed by atoms with Crippen LogP contribution in [0.5, 0.6) is 11.5 Å². The lowest BCUT2D eigenvalue weighted by molar-refractivity contribution is -0.383. The molecule has 0 bridgehead atoms. The Hall–Kier alpha value is -3.55. The van der Waals surface area contributed by atoms with Gasteiger partial charge in [0.2, 0.25) is 0 Å². The van der Waals surface area contributed by atoms with E-state index in [0.29, 0.717) is 22.4 Å². The van der Waals surface area contributed by atoms with Gasteiger partial charge in [0, 0.05) is 24.1 Å². The van der Waals surface area contributed by atoms with Gasteiger partial charge in [-0.05, 0) is 23.8 Å². The van der Waals surface area contributed by atoms with Gasteiger partial charge in [-0.25, -0.2) is 0 Å². The zero-order valence-electron chi connectivity index (χ0n) is 14.2. The van der Waals surface area contributed by atoms with Gasteiger partial charge in [0.05, 0.1) is 19.1 Å². The summed E-state index contributed by atoms with van der Waals surface area (Å²) in [6.45, 7) is 0.254. The van der Waals surface area contributed by atoms with Crippen LogP contribution in [0.3, 0.4) is 0 Å². The Morgan fingerprint density at radius 3 is 2.46 bits per heavy atom. The first kappa shape index (κ1) is 17.3. The van der Waals surface area contributed by atoms with Crippen molar-refractivity contribution in [2.45, 2.75) is 6.54 Å². The number of ether oxygens (including phenoxy) is 2. The third kappa shape index (κ3) is 3.44. The number of hydrogen-bond acceptors (Lipinski definition) is 5. The number of aromatic nitrogens is 1. The van der Waals surface area contributed by atoms with Crippen molar-refractivity contribution in [3.63, 3.8) is 0 Å². The second kappa shape index (κ2) is 7.14. The lowest BCUT2D eigenvalue weighted by Crippen LogP contribution is -2.23. The van der Waals surface area contributed by atoms with Crippen molar-refractivity contribution in [2.24, 2.45) is 0 Å². The van der Waals surface area contributed by atoms with Gasteiger partial charge < -0.3 is 19.8 Å². The lowest BCUT2D eigenvalue weighted by atomic mass is 10.2. The van der Waals surface area contributed by atoms with Crippen molar-refractivity contribution >= 4 is 22.5 Å². The van der Waals surface area contributed by atoms with Gasteiger partial charge >= 0.3 is 0 Å². The minimum Gasteiger partial charge on any atom is -0.497 e. The van der Waals surface area contributed by atoms with Crippen molar-refractivity contribution < 1.29 is 19.2 Å². The third-order valence-electron chi connectivity index (χ3n) is 3.94. The van der Waals surface area contributed by atoms with Gasteiger partial charge in [-0.1, -0.05) is 12.1 Å². The highest BCUT2D eigenvalue weighted by Gasteiger charge is 2.16. The molecule has 0 unspecified atom stereocenters. The number of nitro benzene ring substituents is 1. The maximum atomic E-state index is 12.4. The van der Waals surface area contributed by atoms with Gasteiger partial charge in [0.15, 0.2) is 0 Å². The highest BCUT2D eigenvalue weighted by atomic mass is 16.6. The smallest absolute Gasteiger partial charge is 0.293 e. The molecular formula is C18H17N3O5. The number of amides is 1. The zero-order chi connectivity index (χ0) is 18.7. The minimum atomic E-state index is -0.483. The van der Waals surface area contributed by atoms with Crippen molar-refractivity contribution in [2.75, 3.05) is 14.2 Å². The number of nitro groups is 1. The fraction of sp³-hybridized carbons (Fsp3) is 0.167. The molecule has 0 spiro atoms. The fourth-order valence-corrected chi connectivity index (χ4v) is 2.66. The third-order valence-corrected chi connectivity index (χ3v) is 3.94. The molecule has 1 amide bonds. The molecule has 1 heterocycles. The first-order valence-corrected chi connectivity index (χ1v) is 7.78. The normalized spacial score (nSPS) is 10.5. The summed E-state index contributed by atoms with van der Waals surface area (Å²) in [4.78, 5) is 25.8. The number of aromatic amines is 1. The first-order chi connectivity index (χ1) is 12.5. The van der Waals surface area contributed by atoms with E-state index in [0.717, 1.165) is 5.56 Å². The van der Waals surface area contributed by atoms with Crippen LogP contribution in [0.1, 0.15) is 16.1 Å². The number of benzene rings is 2. The molecule has 26 heavy (non-hydrogen) atoms. The Bertz CT molecular complexity index is 958. The Kier molecular flexibility index (Phi) is 4.74. The summed E-state index contributed by atoms with van der Waals surface area (Å²) in [6.07, 6.45) is 0. The molecule has 1 aromatic heterocycles. The monoisotopic (exact) mass is 355 g/mol. The maximum absolute atomic E-state index is 12.4.